The number of aryl methyl sites for hydroxylation is 1. The zero-order chi connectivity index (χ0) is 36.9. The molecule has 0 saturated carbocycles. The molecule has 6 nitrogen and oxygen atoms in total. The van der Waals surface area contributed by atoms with Crippen LogP contribution in [0, 0.1) is 5.92 Å². The Balaban J connectivity index is 1.42. The molecule has 50 heavy (non-hydrogen) atoms. The van der Waals surface area contributed by atoms with Crippen LogP contribution in [-0.4, -0.2) is 26.0 Å². The molecule has 1 aliphatic carbocycles. The van der Waals surface area contributed by atoms with Crippen LogP contribution in [0.1, 0.15) is 198 Å². The Morgan fingerprint density at radius 2 is 1.24 bits per heavy atom. The van der Waals surface area contributed by atoms with Crippen LogP contribution in [0.5, 0.6) is 11.6 Å². The number of hydroxylamine groups is 1. The number of nitrogens with zero attached hydrogens (tertiary/aromatic N) is 2. The van der Waals surface area contributed by atoms with Crippen molar-refractivity contribution in [1.82, 2.24) is 4.68 Å². The Morgan fingerprint density at radius 1 is 0.780 bits per heavy atom. The van der Waals surface area contributed by atoms with Crippen LogP contribution < -0.4 is 5.17 Å². The second kappa shape index (κ2) is 20.2. The molecule has 1 atom stereocenters. The van der Waals surface area contributed by atoms with Crippen LogP contribution in [-0.2, 0) is 34.9 Å². The van der Waals surface area contributed by atoms with Crippen LogP contribution in [0.4, 0.5) is 0 Å². The Morgan fingerprint density at radius 3 is 1.70 bits per heavy atom. The molecule has 0 saturated heterocycles. The lowest BCUT2D eigenvalue weighted by molar-refractivity contribution is -0.127. The number of aromatic hydroxyl groups is 2. The van der Waals surface area contributed by atoms with Gasteiger partial charge in [0.25, 0.3) is 5.91 Å². The van der Waals surface area contributed by atoms with Gasteiger partial charge in [-0.25, -0.2) is 0 Å². The zero-order valence-corrected chi connectivity index (χ0v) is 33.8. The fraction of sp³-hybridized carbons (Fsp3) is 0.744. The first-order valence-electron chi connectivity index (χ1n) is 20.2. The molecule has 1 unspecified atom stereocenters. The van der Waals surface area contributed by atoms with Crippen molar-refractivity contribution in [2.24, 2.45) is 5.92 Å². The van der Waals surface area contributed by atoms with Gasteiger partial charge in [-0.2, -0.15) is 4.68 Å². The number of unbranched alkanes of at least 4 members (excludes halogenated alkanes) is 15. The second-order valence-corrected chi connectivity index (χ2v) is 17.8. The van der Waals surface area contributed by atoms with Gasteiger partial charge in [-0.1, -0.05) is 170 Å². The van der Waals surface area contributed by atoms with E-state index in [0.717, 1.165) is 53.5 Å². The molecule has 1 aromatic heterocycles. The maximum absolute atomic E-state index is 13.3. The highest BCUT2D eigenvalue weighted by Crippen LogP contribution is 2.41. The van der Waals surface area contributed by atoms with Crippen molar-refractivity contribution in [2.75, 3.05) is 5.17 Å². The van der Waals surface area contributed by atoms with Gasteiger partial charge in [0, 0.05) is 12.0 Å². The van der Waals surface area contributed by atoms with Gasteiger partial charge in [0.1, 0.15) is 10.8 Å². The van der Waals surface area contributed by atoms with E-state index in [1.54, 1.807) is 0 Å². The van der Waals surface area contributed by atoms with Gasteiger partial charge < -0.3 is 10.2 Å². The van der Waals surface area contributed by atoms with Gasteiger partial charge in [0.05, 0.1) is 0 Å². The predicted octanol–water partition coefficient (Wildman–Crippen LogP) is 12.0. The molecule has 0 aliphatic heterocycles. The zero-order valence-electron chi connectivity index (χ0n) is 32.9. The topological polar surface area (TPSA) is 85.9 Å². The van der Waals surface area contributed by atoms with Crippen LogP contribution in [0.3, 0.4) is 0 Å². The number of carbonyl (C=O) groups is 1. The number of carbonyl (C=O) groups excluding carboxylic acids is 1. The Hall–Kier alpha value is -2.12. The van der Waals surface area contributed by atoms with E-state index in [2.05, 4.69) is 61.1 Å². The lowest BCUT2D eigenvalue weighted by Gasteiger charge is -2.28. The third-order valence-electron chi connectivity index (χ3n) is 10.9. The Kier molecular flexibility index (Phi) is 17.1. The van der Waals surface area contributed by atoms with Crippen LogP contribution >= 0.6 is 12.6 Å². The Bertz CT molecular complexity index is 1300. The van der Waals surface area contributed by atoms with E-state index in [0.29, 0.717) is 28.3 Å². The summed E-state index contributed by atoms with van der Waals surface area (Å²) in [5.41, 5.74) is 3.83. The summed E-state index contributed by atoms with van der Waals surface area (Å²) in [7, 11) is 0. The van der Waals surface area contributed by atoms with Crippen molar-refractivity contribution in [3.63, 3.8) is 0 Å². The number of fused-ring (bicyclic) bond motifs is 1. The second-order valence-electron chi connectivity index (χ2n) is 17.3. The molecule has 1 aromatic carbocycles. The van der Waals surface area contributed by atoms with E-state index in [1.165, 1.54) is 107 Å². The fourth-order valence-corrected chi connectivity index (χ4v) is 8.12. The number of aromatic nitrogens is 1. The number of phenols is 1. The molecule has 1 heterocycles. The molecule has 3 N–H and O–H groups in total. The maximum Gasteiger partial charge on any atom is 0.267 e. The number of amides is 1. The normalized spacial score (nSPS) is 15.0. The van der Waals surface area contributed by atoms with Gasteiger partial charge in [0.15, 0.2) is 0 Å². The summed E-state index contributed by atoms with van der Waals surface area (Å²) < 4.78 is 1.17. The van der Waals surface area contributed by atoms with Gasteiger partial charge in [-0.3, -0.25) is 10.0 Å². The van der Waals surface area contributed by atoms with Crippen molar-refractivity contribution in [3.05, 3.63) is 39.9 Å². The standard InChI is InChI=1S/C43H72N2O4S/c1-8-9-10-11-12-13-14-15-16-17-18-19-20-21-22-23-24-32-25-27-34-35(29-32)40(48)44(41(34)50)45(49)38(46)28-26-33-30-36(42(2,3)4)39(47)37(31-33)43(5,6)7/h30-32,47-50H,8-29H2,1-7H3. The Labute approximate surface area is 310 Å². The number of hydrogen-bond acceptors (Lipinski definition) is 5. The largest absolute Gasteiger partial charge is 0.507 e. The first kappa shape index (κ1) is 42.3. The first-order chi connectivity index (χ1) is 23.7. The highest BCUT2D eigenvalue weighted by atomic mass is 32.1. The lowest BCUT2D eigenvalue weighted by atomic mass is 9.78. The summed E-state index contributed by atoms with van der Waals surface area (Å²) in [4.78, 5) is 13.3. The number of thiol groups is 1. The third-order valence-corrected chi connectivity index (χ3v) is 11.4. The molecule has 284 valence electrons. The third kappa shape index (κ3) is 12.5. The highest BCUT2D eigenvalue weighted by molar-refractivity contribution is 7.80. The van der Waals surface area contributed by atoms with E-state index >= 15 is 0 Å². The predicted molar refractivity (Wildman–Crippen MR) is 212 cm³/mol. The lowest BCUT2D eigenvalue weighted by Crippen LogP contribution is -2.37. The molecular weight excluding hydrogens is 641 g/mol. The summed E-state index contributed by atoms with van der Waals surface area (Å²) >= 11 is 4.66. The minimum atomic E-state index is -0.518. The van der Waals surface area contributed by atoms with E-state index in [9.17, 15) is 20.2 Å². The smallest absolute Gasteiger partial charge is 0.267 e. The van der Waals surface area contributed by atoms with Gasteiger partial charge in [-0.05, 0) is 64.7 Å². The molecule has 7 heteroatoms. The highest BCUT2D eigenvalue weighted by Gasteiger charge is 2.31. The van der Waals surface area contributed by atoms with Crippen LogP contribution in [0.25, 0.3) is 0 Å². The molecular formula is C43H72N2O4S. The number of rotatable bonds is 21. The van der Waals surface area contributed by atoms with E-state index in [-0.39, 0.29) is 23.1 Å². The molecule has 0 radical (unpaired) electrons. The minimum absolute atomic E-state index is 0.0474. The van der Waals surface area contributed by atoms with Crippen molar-refractivity contribution in [1.29, 1.82) is 0 Å². The van der Waals surface area contributed by atoms with Crippen LogP contribution in [0.15, 0.2) is 17.2 Å². The number of benzene rings is 1. The van der Waals surface area contributed by atoms with E-state index in [4.69, 9.17) is 0 Å². The molecule has 0 fully saturated rings. The SMILES string of the molecule is CCCCCCCCCCCCCCCCCCC1CCc2c(c(O)n(N(O)C(=O)CCc3cc(C(C)(C)C)c(O)c(C(C)(C)C)c3)c2S)C1. The molecule has 3 rings (SSSR count). The number of phenolic OH excluding ortho intramolecular Hbond substituents is 1. The summed E-state index contributed by atoms with van der Waals surface area (Å²) in [5.74, 6) is 0.206. The van der Waals surface area contributed by atoms with Crippen molar-refractivity contribution < 1.29 is 20.2 Å². The summed E-state index contributed by atoms with van der Waals surface area (Å²) in [5, 5.41) is 34.2. The molecule has 0 bridgehead atoms. The molecule has 0 spiro atoms. The first-order valence-corrected chi connectivity index (χ1v) is 20.6. The molecule has 1 amide bonds. The molecule has 1 aliphatic rings. The summed E-state index contributed by atoms with van der Waals surface area (Å²) in [6, 6.07) is 3.93. The van der Waals surface area contributed by atoms with Crippen molar-refractivity contribution in [2.45, 2.75) is 206 Å². The fourth-order valence-electron chi connectivity index (χ4n) is 7.69. The maximum atomic E-state index is 13.3. The summed E-state index contributed by atoms with van der Waals surface area (Å²) in [6.45, 7) is 14.7. The molecule has 2 aromatic rings. The average Bonchev–Trinajstić information content (AvgIpc) is 3.30. The average molecular weight is 713 g/mol. The van der Waals surface area contributed by atoms with Crippen molar-refractivity contribution >= 4 is 18.5 Å². The summed E-state index contributed by atoms with van der Waals surface area (Å²) in [6.07, 6.45) is 26.1. The quantitative estimate of drug-likeness (QED) is 0.0449. The van der Waals surface area contributed by atoms with Gasteiger partial charge in [-0.15, -0.1) is 17.8 Å². The number of hydrogen-bond donors (Lipinski definition) is 4. The van der Waals surface area contributed by atoms with Gasteiger partial charge >= 0.3 is 0 Å². The monoisotopic (exact) mass is 713 g/mol. The van der Waals surface area contributed by atoms with Crippen LogP contribution in [0.2, 0.25) is 0 Å². The van der Waals surface area contributed by atoms with E-state index in [1.807, 2.05) is 12.1 Å². The minimum Gasteiger partial charge on any atom is -0.507 e. The van der Waals surface area contributed by atoms with E-state index < -0.39 is 5.91 Å². The van der Waals surface area contributed by atoms with Gasteiger partial charge in [0.2, 0.25) is 5.88 Å². The van der Waals surface area contributed by atoms with Crippen molar-refractivity contribution in [3.8, 4) is 11.6 Å².